The van der Waals surface area contributed by atoms with Crippen molar-refractivity contribution in [3.8, 4) is 0 Å². The molecule has 1 aromatic heterocycles. The molecule has 0 aromatic carbocycles. The van der Waals surface area contributed by atoms with Gasteiger partial charge in [-0.1, -0.05) is 0 Å². The topological polar surface area (TPSA) is 39.7 Å². The average molecular weight is 327 g/mol. The van der Waals surface area contributed by atoms with Crippen LogP contribution in [0.5, 0.6) is 0 Å². The van der Waals surface area contributed by atoms with E-state index >= 15 is 0 Å². The summed E-state index contributed by atoms with van der Waals surface area (Å²) in [7, 11) is 3.16. The zero-order chi connectivity index (χ0) is 22.7. The Morgan fingerprint density at radius 2 is 1.78 bits per heavy atom. The fourth-order valence-electron chi connectivity index (χ4n) is 2.53. The van der Waals surface area contributed by atoms with E-state index in [0.29, 0.717) is 6.54 Å². The predicted octanol–water partition coefficient (Wildman–Crippen LogP) is 3.31. The Labute approximate surface area is 149 Å². The second kappa shape index (κ2) is 8.29. The van der Waals surface area contributed by atoms with Crippen molar-refractivity contribution in [2.24, 2.45) is 0 Å². The van der Waals surface area contributed by atoms with Crippen molar-refractivity contribution >= 4 is 11.8 Å². The molecular weight excluding hydrogens is 288 g/mol. The number of carbonyl (C=O) groups excluding carboxylic acids is 1. The molecule has 1 aromatic rings. The van der Waals surface area contributed by atoms with Crippen LogP contribution in [0.25, 0.3) is 0 Å². The molecule has 0 aliphatic rings. The fraction of sp³-hybridized carbons (Fsp3) is 0.667. The molecule has 1 heterocycles. The van der Waals surface area contributed by atoms with Gasteiger partial charge in [0.25, 0.3) is 0 Å². The minimum absolute atomic E-state index is 0.0240. The minimum atomic E-state index is -2.59. The molecule has 130 valence electrons. The molecule has 0 radical (unpaired) electrons. The Kier molecular flexibility index (Phi) is 4.27. The maximum atomic E-state index is 12.8. The van der Waals surface area contributed by atoms with Gasteiger partial charge in [-0.3, -0.25) is 9.80 Å². The second-order valence-corrected chi connectivity index (χ2v) is 6.35. The van der Waals surface area contributed by atoms with E-state index in [1.54, 1.807) is 14.1 Å². The molecule has 5 nitrogen and oxygen atoms in total. The van der Waals surface area contributed by atoms with Gasteiger partial charge in [-0.2, -0.15) is 0 Å². The number of rotatable bonds is 6. The first kappa shape index (κ1) is 11.8. The molecule has 1 rings (SSSR count). The number of carbonyl (C=O) groups is 1. The summed E-state index contributed by atoms with van der Waals surface area (Å²) in [6.07, 6.45) is 0. The number of aromatic nitrogens is 1. The highest BCUT2D eigenvalue weighted by atomic mass is 16.2. The molecule has 0 saturated carbocycles. The summed E-state index contributed by atoms with van der Waals surface area (Å²) < 4.78 is 46.0. The van der Waals surface area contributed by atoms with Crippen LogP contribution in [-0.2, 0) is 0 Å². The summed E-state index contributed by atoms with van der Waals surface area (Å²) in [4.78, 5) is 21.8. The first-order chi connectivity index (χ1) is 13.1. The Balaban J connectivity index is 3.46. The second-order valence-electron chi connectivity index (χ2n) is 6.35. The first-order valence-corrected chi connectivity index (χ1v) is 7.83. The summed E-state index contributed by atoms with van der Waals surface area (Å²) in [5.74, 6) is 0.0240. The molecule has 0 bridgehead atoms. The number of amides is 2. The van der Waals surface area contributed by atoms with Gasteiger partial charge >= 0.3 is 6.03 Å². The minimum Gasteiger partial charge on any atom is -0.330 e. The van der Waals surface area contributed by atoms with Crippen LogP contribution in [-0.4, -0.2) is 60.1 Å². The SMILES string of the molecule is [2H]C([2H])([2H])c1cc(N(CCN(C(C)C)C(C)C)C(=O)N(C)C)nc(C([2H])([2H])[2H])c1. The van der Waals surface area contributed by atoms with Crippen LogP contribution in [0, 0.1) is 13.7 Å². The van der Waals surface area contributed by atoms with Crippen LogP contribution >= 0.6 is 0 Å². The van der Waals surface area contributed by atoms with Gasteiger partial charge in [0, 0.05) is 53.2 Å². The van der Waals surface area contributed by atoms with Crippen LogP contribution < -0.4 is 4.90 Å². The Hall–Kier alpha value is -1.62. The molecule has 0 saturated heterocycles. The van der Waals surface area contributed by atoms with E-state index in [4.69, 9.17) is 8.22 Å². The van der Waals surface area contributed by atoms with Crippen LogP contribution in [0.2, 0.25) is 0 Å². The lowest BCUT2D eigenvalue weighted by atomic mass is 10.2. The Bertz CT molecular complexity index is 660. The van der Waals surface area contributed by atoms with E-state index in [1.165, 1.54) is 15.9 Å². The smallest absolute Gasteiger partial charge is 0.325 e. The average Bonchev–Trinajstić information content (AvgIpc) is 2.55. The number of urea groups is 1. The summed E-state index contributed by atoms with van der Waals surface area (Å²) in [6, 6.07) is 2.43. The maximum Gasteiger partial charge on any atom is 0.325 e. The maximum absolute atomic E-state index is 12.8. The van der Waals surface area contributed by atoms with Gasteiger partial charge in [0.05, 0.1) is 0 Å². The zero-order valence-corrected chi connectivity index (χ0v) is 14.9. The summed E-state index contributed by atoms with van der Waals surface area (Å²) >= 11 is 0. The van der Waals surface area contributed by atoms with Crippen molar-refractivity contribution < 1.29 is 13.0 Å². The Morgan fingerprint density at radius 1 is 1.13 bits per heavy atom. The Morgan fingerprint density at radius 3 is 2.26 bits per heavy atom. The van der Waals surface area contributed by atoms with Crippen LogP contribution in [0.4, 0.5) is 10.6 Å². The normalized spacial score (nSPS) is 16.4. The van der Waals surface area contributed by atoms with Crippen molar-refractivity contribution in [2.75, 3.05) is 32.1 Å². The lowest BCUT2D eigenvalue weighted by Gasteiger charge is -2.33. The third-order valence-electron chi connectivity index (χ3n) is 3.61. The van der Waals surface area contributed by atoms with E-state index in [0.717, 1.165) is 6.07 Å². The van der Waals surface area contributed by atoms with Gasteiger partial charge < -0.3 is 4.90 Å². The highest BCUT2D eigenvalue weighted by molar-refractivity contribution is 5.90. The van der Waals surface area contributed by atoms with Gasteiger partial charge in [-0.05, 0) is 59.1 Å². The van der Waals surface area contributed by atoms with E-state index < -0.39 is 19.7 Å². The van der Waals surface area contributed by atoms with Gasteiger partial charge in [0.2, 0.25) is 0 Å². The molecular formula is C18H32N4O. The molecule has 0 spiro atoms. The van der Waals surface area contributed by atoms with Crippen LogP contribution in [0.1, 0.15) is 47.2 Å². The molecule has 0 fully saturated rings. The van der Waals surface area contributed by atoms with E-state index in [-0.39, 0.29) is 35.7 Å². The molecule has 0 N–H and O–H groups in total. The quantitative estimate of drug-likeness (QED) is 0.805. The molecule has 0 aliphatic heterocycles. The number of anilines is 1. The number of hydrogen-bond donors (Lipinski definition) is 0. The largest absolute Gasteiger partial charge is 0.330 e. The third kappa shape index (κ3) is 5.50. The number of nitrogens with zero attached hydrogens (tertiary/aromatic N) is 4. The lowest BCUT2D eigenvalue weighted by molar-refractivity contribution is 0.177. The molecule has 2 amide bonds. The van der Waals surface area contributed by atoms with Gasteiger partial charge in [-0.25, -0.2) is 9.78 Å². The first-order valence-electron chi connectivity index (χ1n) is 10.8. The number of hydrogen-bond acceptors (Lipinski definition) is 3. The zero-order valence-electron chi connectivity index (χ0n) is 20.9. The van der Waals surface area contributed by atoms with E-state index in [2.05, 4.69) is 37.6 Å². The van der Waals surface area contributed by atoms with E-state index in [1.807, 2.05) is 0 Å². The van der Waals surface area contributed by atoms with Crippen LogP contribution in [0.15, 0.2) is 12.1 Å². The number of aryl methyl sites for hydroxylation is 2. The van der Waals surface area contributed by atoms with Crippen molar-refractivity contribution in [2.45, 2.75) is 53.5 Å². The number of pyridine rings is 1. The van der Waals surface area contributed by atoms with Crippen molar-refractivity contribution in [1.82, 2.24) is 14.8 Å². The van der Waals surface area contributed by atoms with E-state index in [9.17, 15) is 4.79 Å². The molecule has 0 unspecified atom stereocenters. The van der Waals surface area contributed by atoms with Crippen molar-refractivity contribution in [3.63, 3.8) is 0 Å². The summed E-state index contributed by atoms with van der Waals surface area (Å²) in [6.45, 7) is 3.87. The van der Waals surface area contributed by atoms with Crippen molar-refractivity contribution in [1.29, 1.82) is 0 Å². The molecule has 5 heteroatoms. The third-order valence-corrected chi connectivity index (χ3v) is 3.61. The van der Waals surface area contributed by atoms with Gasteiger partial charge in [0.1, 0.15) is 5.82 Å². The van der Waals surface area contributed by atoms with Crippen molar-refractivity contribution in [3.05, 3.63) is 23.4 Å². The predicted molar refractivity (Wildman–Crippen MR) is 97.1 cm³/mol. The standard InChI is InChI=1S/C18H32N4O/c1-13(2)21(14(3)4)9-10-22(18(23)20(7)8)17-12-15(5)11-16(6)19-17/h11-14H,9-10H2,1-8H3/i5D3,6D3. The molecule has 0 aliphatic carbocycles. The van der Waals surface area contributed by atoms with Crippen LogP contribution in [0.3, 0.4) is 0 Å². The monoisotopic (exact) mass is 326 g/mol. The molecule has 0 atom stereocenters. The van der Waals surface area contributed by atoms with Gasteiger partial charge in [-0.15, -0.1) is 0 Å². The summed E-state index contributed by atoms with van der Waals surface area (Å²) in [5, 5.41) is 0. The summed E-state index contributed by atoms with van der Waals surface area (Å²) in [5.41, 5.74) is -0.503. The highest BCUT2D eigenvalue weighted by Crippen LogP contribution is 2.17. The fourth-order valence-corrected chi connectivity index (χ4v) is 2.53. The lowest BCUT2D eigenvalue weighted by Crippen LogP contribution is -2.47. The highest BCUT2D eigenvalue weighted by Gasteiger charge is 2.22. The van der Waals surface area contributed by atoms with Gasteiger partial charge in [0.15, 0.2) is 0 Å². The molecule has 23 heavy (non-hydrogen) atoms.